The fraction of sp³-hybridized carbons (Fsp3) is 1.00. The van der Waals surface area contributed by atoms with Crippen molar-refractivity contribution in [2.24, 2.45) is 5.41 Å². The van der Waals surface area contributed by atoms with E-state index in [0.717, 1.165) is 19.3 Å². The molecule has 3 rings (SSSR count). The third kappa shape index (κ3) is 2.58. The van der Waals surface area contributed by atoms with E-state index < -0.39 is 0 Å². The average molecular weight is 224 g/mol. The molecule has 16 heavy (non-hydrogen) atoms. The maximum Gasteiger partial charge on any atom is 0.0547 e. The van der Waals surface area contributed by atoms with Gasteiger partial charge in [0.2, 0.25) is 0 Å². The molecule has 0 bridgehead atoms. The van der Waals surface area contributed by atoms with Gasteiger partial charge in [0, 0.05) is 31.2 Å². The van der Waals surface area contributed by atoms with Crippen LogP contribution in [0.15, 0.2) is 0 Å². The lowest BCUT2D eigenvalue weighted by atomic mass is 9.86. The largest absolute Gasteiger partial charge is 0.381 e. The van der Waals surface area contributed by atoms with Crippen LogP contribution >= 0.6 is 0 Å². The minimum Gasteiger partial charge on any atom is -0.381 e. The molecule has 2 heterocycles. The van der Waals surface area contributed by atoms with Crippen molar-refractivity contribution in [2.45, 2.75) is 38.1 Å². The monoisotopic (exact) mass is 224 g/mol. The van der Waals surface area contributed by atoms with E-state index in [0.29, 0.717) is 5.41 Å². The highest BCUT2D eigenvalue weighted by Crippen LogP contribution is 2.31. The summed E-state index contributed by atoms with van der Waals surface area (Å²) in [5, 5.41) is 3.71. The van der Waals surface area contributed by atoms with Gasteiger partial charge in [-0.25, -0.2) is 0 Å². The summed E-state index contributed by atoms with van der Waals surface area (Å²) in [6.07, 6.45) is 6.82. The summed E-state index contributed by atoms with van der Waals surface area (Å²) in [7, 11) is 0. The molecule has 1 aliphatic carbocycles. The second-order valence-electron chi connectivity index (χ2n) is 5.94. The van der Waals surface area contributed by atoms with Crippen LogP contribution in [0.2, 0.25) is 0 Å². The number of likely N-dealkylation sites (tertiary alicyclic amines) is 1. The Kier molecular flexibility index (Phi) is 3.18. The zero-order valence-corrected chi connectivity index (χ0v) is 10.2. The lowest BCUT2D eigenvalue weighted by Crippen LogP contribution is -2.44. The topological polar surface area (TPSA) is 24.5 Å². The van der Waals surface area contributed by atoms with Crippen molar-refractivity contribution in [1.82, 2.24) is 10.2 Å². The van der Waals surface area contributed by atoms with Gasteiger partial charge >= 0.3 is 0 Å². The molecule has 2 aliphatic heterocycles. The molecule has 0 amide bonds. The van der Waals surface area contributed by atoms with Crippen molar-refractivity contribution in [2.75, 3.05) is 39.4 Å². The van der Waals surface area contributed by atoms with Crippen molar-refractivity contribution in [3.63, 3.8) is 0 Å². The Morgan fingerprint density at radius 1 is 1.25 bits per heavy atom. The van der Waals surface area contributed by atoms with Crippen molar-refractivity contribution in [3.05, 3.63) is 0 Å². The lowest BCUT2D eigenvalue weighted by molar-refractivity contribution is 0.118. The molecule has 0 aromatic carbocycles. The van der Waals surface area contributed by atoms with E-state index in [-0.39, 0.29) is 0 Å². The van der Waals surface area contributed by atoms with Gasteiger partial charge < -0.3 is 15.0 Å². The molecule has 0 spiro atoms. The minimum absolute atomic E-state index is 0.424. The smallest absolute Gasteiger partial charge is 0.0547 e. The highest BCUT2D eigenvalue weighted by molar-refractivity contribution is 4.92. The molecule has 3 fully saturated rings. The molecule has 1 saturated carbocycles. The Balaban J connectivity index is 1.54. The molecule has 0 aromatic heterocycles. The standard InChI is InChI=1S/C13H24N2O/c1-2-7-15(6-1)10-13(5-8-16-11-13)9-14-12-3-4-12/h12,14H,1-11H2. The third-order valence-electron chi connectivity index (χ3n) is 4.29. The summed E-state index contributed by atoms with van der Waals surface area (Å²) in [6.45, 7) is 7.00. The van der Waals surface area contributed by atoms with Crippen molar-refractivity contribution in [3.8, 4) is 0 Å². The van der Waals surface area contributed by atoms with E-state index in [9.17, 15) is 0 Å². The number of hydrogen-bond acceptors (Lipinski definition) is 3. The second-order valence-corrected chi connectivity index (χ2v) is 5.94. The first kappa shape index (κ1) is 11.0. The first-order valence-electron chi connectivity index (χ1n) is 6.90. The SMILES string of the molecule is C1CCN(CC2(CNC3CC3)CCOC2)C1. The van der Waals surface area contributed by atoms with Crippen molar-refractivity contribution >= 4 is 0 Å². The highest BCUT2D eigenvalue weighted by atomic mass is 16.5. The van der Waals surface area contributed by atoms with Crippen LogP contribution in [-0.2, 0) is 4.74 Å². The number of rotatable bonds is 5. The van der Waals surface area contributed by atoms with E-state index in [1.807, 2.05) is 0 Å². The Bertz CT molecular complexity index is 228. The fourth-order valence-corrected chi connectivity index (χ4v) is 3.03. The molecule has 3 aliphatic rings. The van der Waals surface area contributed by atoms with E-state index in [1.165, 1.54) is 58.3 Å². The average Bonchev–Trinajstić information content (AvgIpc) is 2.78. The number of nitrogens with zero attached hydrogens (tertiary/aromatic N) is 1. The van der Waals surface area contributed by atoms with Crippen LogP contribution in [-0.4, -0.2) is 50.3 Å². The van der Waals surface area contributed by atoms with Crippen LogP contribution in [0.5, 0.6) is 0 Å². The highest BCUT2D eigenvalue weighted by Gasteiger charge is 2.38. The van der Waals surface area contributed by atoms with E-state index >= 15 is 0 Å². The van der Waals surface area contributed by atoms with Gasteiger partial charge in [0.1, 0.15) is 0 Å². The van der Waals surface area contributed by atoms with E-state index in [1.54, 1.807) is 0 Å². The van der Waals surface area contributed by atoms with Gasteiger partial charge in [0.15, 0.2) is 0 Å². The normalized spacial score (nSPS) is 36.0. The van der Waals surface area contributed by atoms with Gasteiger partial charge in [-0.1, -0.05) is 0 Å². The van der Waals surface area contributed by atoms with Crippen LogP contribution in [0.3, 0.4) is 0 Å². The molecule has 1 unspecified atom stereocenters. The van der Waals surface area contributed by atoms with Crippen LogP contribution in [0.4, 0.5) is 0 Å². The molecule has 2 saturated heterocycles. The lowest BCUT2D eigenvalue weighted by Gasteiger charge is -2.32. The first-order chi connectivity index (χ1) is 7.86. The molecule has 0 aromatic rings. The van der Waals surface area contributed by atoms with Gasteiger partial charge in [-0.3, -0.25) is 0 Å². The number of hydrogen-bond donors (Lipinski definition) is 1. The number of ether oxygens (including phenoxy) is 1. The molecule has 92 valence electrons. The van der Waals surface area contributed by atoms with Crippen LogP contribution in [0, 0.1) is 5.41 Å². The van der Waals surface area contributed by atoms with Gasteiger partial charge in [0.25, 0.3) is 0 Å². The van der Waals surface area contributed by atoms with Crippen molar-refractivity contribution in [1.29, 1.82) is 0 Å². The van der Waals surface area contributed by atoms with Gasteiger partial charge in [-0.2, -0.15) is 0 Å². The summed E-state index contributed by atoms with van der Waals surface area (Å²) < 4.78 is 5.66. The Hall–Kier alpha value is -0.120. The third-order valence-corrected chi connectivity index (χ3v) is 4.29. The summed E-state index contributed by atoms with van der Waals surface area (Å²) in [5.41, 5.74) is 0.424. The molecular formula is C13H24N2O. The van der Waals surface area contributed by atoms with Crippen LogP contribution < -0.4 is 5.32 Å². The zero-order valence-electron chi connectivity index (χ0n) is 10.2. The molecule has 3 heteroatoms. The van der Waals surface area contributed by atoms with Gasteiger partial charge in [0.05, 0.1) is 6.61 Å². The maximum atomic E-state index is 5.66. The van der Waals surface area contributed by atoms with E-state index in [2.05, 4.69) is 10.2 Å². The van der Waals surface area contributed by atoms with Gasteiger partial charge in [-0.05, 0) is 45.2 Å². The Morgan fingerprint density at radius 3 is 2.69 bits per heavy atom. The molecular weight excluding hydrogens is 200 g/mol. The summed E-state index contributed by atoms with van der Waals surface area (Å²) in [4.78, 5) is 2.64. The van der Waals surface area contributed by atoms with Gasteiger partial charge in [-0.15, -0.1) is 0 Å². The Labute approximate surface area is 98.5 Å². The summed E-state index contributed by atoms with van der Waals surface area (Å²) >= 11 is 0. The van der Waals surface area contributed by atoms with Crippen LogP contribution in [0.25, 0.3) is 0 Å². The summed E-state index contributed by atoms with van der Waals surface area (Å²) in [6, 6.07) is 0.830. The first-order valence-corrected chi connectivity index (χ1v) is 6.90. The quantitative estimate of drug-likeness (QED) is 0.760. The molecule has 3 nitrogen and oxygen atoms in total. The number of nitrogens with one attached hydrogen (secondary N) is 1. The second kappa shape index (κ2) is 4.63. The Morgan fingerprint density at radius 2 is 2.06 bits per heavy atom. The molecule has 0 radical (unpaired) electrons. The predicted molar refractivity (Wildman–Crippen MR) is 64.6 cm³/mol. The zero-order chi connectivity index (χ0) is 10.8. The fourth-order valence-electron chi connectivity index (χ4n) is 3.03. The minimum atomic E-state index is 0.424. The molecule has 1 N–H and O–H groups in total. The van der Waals surface area contributed by atoms with Crippen LogP contribution in [0.1, 0.15) is 32.1 Å². The predicted octanol–water partition coefficient (Wildman–Crippen LogP) is 1.24. The summed E-state index contributed by atoms with van der Waals surface area (Å²) in [5.74, 6) is 0. The maximum absolute atomic E-state index is 5.66. The van der Waals surface area contributed by atoms with Crippen molar-refractivity contribution < 1.29 is 4.74 Å². The van der Waals surface area contributed by atoms with E-state index in [4.69, 9.17) is 4.74 Å². The molecule has 1 atom stereocenters.